The van der Waals surface area contributed by atoms with Gasteiger partial charge in [0.2, 0.25) is 65.0 Å². The molecule has 16 amide bonds. The molecule has 40 nitrogen and oxygen atoms in total. The molecular weight excluding hydrogens is 1600 g/mol. The van der Waals surface area contributed by atoms with E-state index >= 15 is 19.2 Å². The first kappa shape index (κ1) is 111. The van der Waals surface area contributed by atoms with Gasteiger partial charge in [-0.3, -0.25) is 52.7 Å². The Balaban J connectivity index is 4.57. The molecule has 1 aliphatic rings. The van der Waals surface area contributed by atoms with Gasteiger partial charge in [-0.1, -0.05) is 105 Å². The van der Waals surface area contributed by atoms with Gasteiger partial charge < -0.3 is 125 Å². The van der Waals surface area contributed by atoms with Gasteiger partial charge in [0.1, 0.15) is 88.4 Å². The summed E-state index contributed by atoms with van der Waals surface area (Å²) in [5.41, 5.74) is 1.39. The monoisotopic (exact) mass is 1750 g/mol. The lowest BCUT2D eigenvalue weighted by atomic mass is 10.00. The van der Waals surface area contributed by atoms with Gasteiger partial charge >= 0.3 is 30.5 Å². The molecule has 0 aromatic rings. The number of hydrogen-bond donors (Lipinski definition) is 19. The first-order valence-electron chi connectivity index (χ1n) is 43.3. The van der Waals surface area contributed by atoms with Crippen LogP contribution in [0.1, 0.15) is 280 Å². The topological polar surface area (TPSA) is 578 Å². The molecule has 13 atom stereocenters. The van der Waals surface area contributed by atoms with E-state index in [1.54, 1.807) is 118 Å². The van der Waals surface area contributed by atoms with Crippen LogP contribution in [0.5, 0.6) is 0 Å². The van der Waals surface area contributed by atoms with Gasteiger partial charge in [0, 0.05) is 39.3 Å². The molecule has 0 saturated carbocycles. The van der Waals surface area contributed by atoms with E-state index in [4.69, 9.17) is 29.4 Å². The highest BCUT2D eigenvalue weighted by molar-refractivity contribution is 5.99. The molecule has 0 unspecified atom stereocenters. The van der Waals surface area contributed by atoms with Gasteiger partial charge in [-0.15, -0.1) is 0 Å². The Labute approximate surface area is 726 Å². The van der Waals surface area contributed by atoms with Crippen LogP contribution in [-0.2, 0) is 76.4 Å². The molecule has 1 rings (SSSR count). The standard InChI is InChI=1S/C83H151N17O23/c1-22-24-26-28-30-32-34-52(84)63(103)91-58(40-46-89-77(117)122-82(16,17)18)69(109)100-62(51(6)102)73(113)97-57(39-45-88-76(116)121-81(13,14)15)68(108)93-54-36-42-85-72(112)61(50(5)101)99-70(110)59(41-47-90-78(118)123-83(19,20)21)95-67(107)56(38-44-87-75(115)120-80(10,11)12)96-71(111)60(48-49(3)4)98-64(104)53(35-33-31-29-27-25-23-2)92-65(105)55(94-66(54)106)37-43-86-74(114)119-79(7,8)9/h49-62,101-102H,22-48,84H2,1-21H3,(H,85,112)(H,86,114)(H,87,115)(H,88,116)(H,89,117)(H,90,118)(H,91,103)(H,92,105)(H,93,108)(H,94,106)(H,95,107)(H,96,111)(H,97,113)(H,98,104)(H,99,110)(H,100,109)/t50-,51-,52+,53-,54+,55+,56+,57+,58+,59+,60+,61+,62+/m1/s1. The number of aliphatic hydroxyl groups excluding tert-OH is 2. The fraction of sp³-hybridized carbons (Fsp3) is 0.807. The van der Waals surface area contributed by atoms with Crippen LogP contribution < -0.4 is 90.8 Å². The summed E-state index contributed by atoms with van der Waals surface area (Å²) in [6.45, 7) is 31.3. The van der Waals surface area contributed by atoms with Gasteiger partial charge in [0.05, 0.1) is 18.2 Å². The van der Waals surface area contributed by atoms with E-state index < -0.39 is 247 Å². The second-order valence-corrected chi connectivity index (χ2v) is 36.5. The normalized spacial score (nSPS) is 19.8. The summed E-state index contributed by atoms with van der Waals surface area (Å²) >= 11 is 0. The summed E-state index contributed by atoms with van der Waals surface area (Å²) in [5.74, 6) is -12.2. The SMILES string of the molecule is CCCCCCCC[C@H](N)C(=O)N[C@@H](CCNC(=O)OC(C)(C)C)C(=O)N[C@H](C(=O)N[C@@H](CCNC(=O)OC(C)(C)C)C(=O)N[C@H]1CCNC(=O)[C@H]([C@@H](C)O)NC(=O)[C@H](CCNC(=O)OC(C)(C)C)NC(=O)[C@H](CCNC(=O)OC(C)(C)C)NC(=O)[C@H](CC(C)C)NC(=O)[C@@H](CCCCCCCC)NC(=O)[C@H](CCNC(=O)OC(C)(C)C)NC1=O)[C@@H](C)O. The average Bonchev–Trinajstić information content (AvgIpc) is 1.39. The minimum atomic E-state index is -1.97. The number of hydrogen-bond acceptors (Lipinski definition) is 24. The summed E-state index contributed by atoms with van der Waals surface area (Å²) < 4.78 is 27.0. The van der Waals surface area contributed by atoms with Crippen molar-refractivity contribution in [3.05, 3.63) is 0 Å². The first-order chi connectivity index (χ1) is 57.0. The second kappa shape index (κ2) is 55.6. The van der Waals surface area contributed by atoms with Gasteiger partial charge in [-0.25, -0.2) is 24.0 Å². The lowest BCUT2D eigenvalue weighted by molar-refractivity contribution is -0.137. The second-order valence-electron chi connectivity index (χ2n) is 36.5. The molecule has 20 N–H and O–H groups in total. The molecule has 1 aliphatic heterocycles. The molecule has 0 aromatic carbocycles. The Morgan fingerprint density at radius 3 is 1.11 bits per heavy atom. The van der Waals surface area contributed by atoms with Crippen molar-refractivity contribution >= 4 is 95.4 Å². The summed E-state index contributed by atoms with van der Waals surface area (Å²) in [4.78, 5) is 228. The summed E-state index contributed by atoms with van der Waals surface area (Å²) in [6, 6.07) is -18.5. The molecule has 706 valence electrons. The van der Waals surface area contributed by atoms with Gasteiger partial charge in [-0.2, -0.15) is 0 Å². The Hall–Kier alpha value is -9.60. The third kappa shape index (κ3) is 51.3. The van der Waals surface area contributed by atoms with Crippen LogP contribution in [-0.4, -0.2) is 252 Å². The van der Waals surface area contributed by atoms with Gasteiger partial charge in [0.25, 0.3) is 0 Å². The predicted molar refractivity (Wildman–Crippen MR) is 458 cm³/mol. The van der Waals surface area contributed by atoms with E-state index in [1.807, 2.05) is 6.92 Å². The quantitative estimate of drug-likeness (QED) is 0.0307. The Kier molecular flexibility index (Phi) is 50.4. The van der Waals surface area contributed by atoms with Gasteiger partial charge in [0.15, 0.2) is 0 Å². The number of ether oxygens (including phenoxy) is 5. The van der Waals surface area contributed by atoms with E-state index in [0.717, 1.165) is 71.6 Å². The number of carbonyl (C=O) groups is 16. The number of carbonyl (C=O) groups excluding carboxylic acids is 16. The lowest BCUT2D eigenvalue weighted by Gasteiger charge is -2.29. The smallest absolute Gasteiger partial charge is 0.407 e. The zero-order valence-electron chi connectivity index (χ0n) is 76.7. The van der Waals surface area contributed by atoms with E-state index in [9.17, 15) is 67.7 Å². The number of unbranched alkanes of at least 4 members (excludes halogenated alkanes) is 10. The maximum Gasteiger partial charge on any atom is 0.407 e. The van der Waals surface area contributed by atoms with Crippen LogP contribution in [0.4, 0.5) is 24.0 Å². The summed E-state index contributed by atoms with van der Waals surface area (Å²) in [5, 5.41) is 63.5. The summed E-state index contributed by atoms with van der Waals surface area (Å²) in [6.07, 6.45) is -1.39. The van der Waals surface area contributed by atoms with Crippen molar-refractivity contribution in [1.29, 1.82) is 0 Å². The molecule has 123 heavy (non-hydrogen) atoms. The summed E-state index contributed by atoms with van der Waals surface area (Å²) in [7, 11) is 0. The van der Waals surface area contributed by atoms with Gasteiger partial charge in [-0.05, 0) is 181 Å². The lowest BCUT2D eigenvalue weighted by Crippen LogP contribution is -2.62. The predicted octanol–water partition coefficient (Wildman–Crippen LogP) is 3.56. The third-order valence-electron chi connectivity index (χ3n) is 18.2. The van der Waals surface area contributed by atoms with Crippen LogP contribution in [0, 0.1) is 5.92 Å². The largest absolute Gasteiger partial charge is 0.444 e. The van der Waals surface area contributed by atoms with Crippen molar-refractivity contribution in [3.8, 4) is 0 Å². The number of nitrogens with one attached hydrogen (secondary N) is 16. The van der Waals surface area contributed by atoms with Crippen LogP contribution in [0.2, 0.25) is 0 Å². The number of alkyl carbamates (subject to hydrolysis) is 5. The fourth-order valence-electron chi connectivity index (χ4n) is 12.1. The molecule has 1 saturated heterocycles. The first-order valence-corrected chi connectivity index (χ1v) is 43.3. The van der Waals surface area contributed by atoms with E-state index in [0.29, 0.717) is 19.3 Å². The molecule has 0 aromatic heterocycles. The minimum absolute atomic E-state index is 0.0655. The molecular formula is C83H151N17O23. The maximum atomic E-state index is 15.4. The van der Waals surface area contributed by atoms with Crippen LogP contribution in [0.25, 0.3) is 0 Å². The van der Waals surface area contributed by atoms with Crippen molar-refractivity contribution in [3.63, 3.8) is 0 Å². The molecule has 0 aliphatic carbocycles. The van der Waals surface area contributed by atoms with Crippen LogP contribution in [0.15, 0.2) is 0 Å². The number of nitrogens with two attached hydrogens (primary N) is 1. The molecule has 0 spiro atoms. The molecule has 40 heteroatoms. The van der Waals surface area contributed by atoms with E-state index in [-0.39, 0.29) is 57.7 Å². The van der Waals surface area contributed by atoms with Crippen LogP contribution >= 0.6 is 0 Å². The van der Waals surface area contributed by atoms with E-state index in [1.165, 1.54) is 0 Å². The van der Waals surface area contributed by atoms with Crippen molar-refractivity contribution in [2.45, 2.75) is 387 Å². The fourth-order valence-corrected chi connectivity index (χ4v) is 12.1. The Morgan fingerprint density at radius 2 is 0.724 bits per heavy atom. The van der Waals surface area contributed by atoms with Crippen molar-refractivity contribution in [1.82, 2.24) is 85.1 Å². The molecule has 1 fully saturated rings. The number of amides is 16. The number of aliphatic hydroxyl groups is 2. The molecule has 0 bridgehead atoms. The Bertz CT molecular complexity index is 3380. The van der Waals surface area contributed by atoms with Crippen molar-refractivity contribution < 1.29 is 111 Å². The average molecular weight is 1760 g/mol. The maximum absolute atomic E-state index is 15.4. The highest BCUT2D eigenvalue weighted by Crippen LogP contribution is 2.18. The molecule has 0 radical (unpaired) electrons. The molecule has 1 heterocycles. The van der Waals surface area contributed by atoms with Crippen molar-refractivity contribution in [2.24, 2.45) is 11.7 Å². The zero-order chi connectivity index (χ0) is 93.8. The third-order valence-corrected chi connectivity index (χ3v) is 18.2. The number of rotatable bonds is 41. The highest BCUT2D eigenvalue weighted by atomic mass is 16.6. The van der Waals surface area contributed by atoms with E-state index in [2.05, 4.69) is 92.0 Å². The minimum Gasteiger partial charge on any atom is -0.444 e. The van der Waals surface area contributed by atoms with Crippen molar-refractivity contribution in [2.75, 3.05) is 39.3 Å². The van der Waals surface area contributed by atoms with Crippen LogP contribution in [0.3, 0.4) is 0 Å². The zero-order valence-corrected chi connectivity index (χ0v) is 76.7. The Morgan fingerprint density at radius 1 is 0.390 bits per heavy atom. The highest BCUT2D eigenvalue weighted by Gasteiger charge is 2.40.